The van der Waals surface area contributed by atoms with Gasteiger partial charge in [-0.15, -0.1) is 0 Å². The topological polar surface area (TPSA) is 63.3 Å². The summed E-state index contributed by atoms with van der Waals surface area (Å²) < 4.78 is 37.7. The maximum atomic E-state index is 10.4. The first-order chi connectivity index (χ1) is 8.27. The molecule has 0 spiro atoms. The Morgan fingerprint density at radius 3 is 2.69 bits per heavy atom. The molecule has 13 heavy (non-hydrogen) atoms. The molecule has 0 unspecified atom stereocenters. The minimum Gasteiger partial charge on any atom is -0.481 e. The molecule has 1 aromatic rings. The smallest absolute Gasteiger partial charge is 0.303 e. The van der Waals surface area contributed by atoms with Crippen molar-refractivity contribution in [3.8, 4) is 0 Å². The molecular weight excluding hydrogens is 166 g/mol. The molecule has 0 fully saturated rings. The van der Waals surface area contributed by atoms with Crippen LogP contribution in [0.1, 0.15) is 31.3 Å². The highest BCUT2D eigenvalue weighted by molar-refractivity contribution is 5.66. The fraction of sp³-hybridized carbons (Fsp3) is 0.300. The van der Waals surface area contributed by atoms with E-state index >= 15 is 0 Å². The van der Waals surface area contributed by atoms with Gasteiger partial charge in [-0.2, -0.15) is 0 Å². The minimum absolute atomic E-state index is 0.0172. The fourth-order valence-electron chi connectivity index (χ4n) is 0.868. The molecule has 1 aromatic carbocycles. The van der Waals surface area contributed by atoms with E-state index < -0.39 is 30.1 Å². The molecule has 1 atom stereocenters. The summed E-state index contributed by atoms with van der Waals surface area (Å²) in [6.07, 6.45) is -0.202. The molecule has 3 nitrogen and oxygen atoms in total. The van der Waals surface area contributed by atoms with Gasteiger partial charge in [0.2, 0.25) is 0 Å². The molecule has 0 amide bonds. The average Bonchev–Trinajstić information content (AvgIpc) is 2.31. The van der Waals surface area contributed by atoms with E-state index in [0.717, 1.165) is 0 Å². The van der Waals surface area contributed by atoms with Crippen LogP contribution in [0.3, 0.4) is 0 Å². The van der Waals surface area contributed by atoms with E-state index in [1.165, 1.54) is 0 Å². The third-order valence-electron chi connectivity index (χ3n) is 1.56. The summed E-state index contributed by atoms with van der Waals surface area (Å²) in [5.41, 5.74) is 5.66. The number of carboxylic acid groups (broad SMARTS) is 1. The standard InChI is InChI=1S/C10H13NO2/c11-9(6-7-10(12)13)8-4-2-1-3-5-8/h1-5,9H,6-7,11H2,(H,12,13)/t9-/m1/s1/i1D,2D,3D,4D,5D. The molecule has 3 N–H and O–H groups in total. The van der Waals surface area contributed by atoms with E-state index in [1.54, 1.807) is 0 Å². The van der Waals surface area contributed by atoms with Gasteiger partial charge in [-0.1, -0.05) is 30.2 Å². The van der Waals surface area contributed by atoms with Gasteiger partial charge in [-0.05, 0) is 12.0 Å². The maximum absolute atomic E-state index is 10.4. The van der Waals surface area contributed by atoms with Gasteiger partial charge in [0.25, 0.3) is 0 Å². The van der Waals surface area contributed by atoms with Gasteiger partial charge in [-0.25, -0.2) is 0 Å². The van der Waals surface area contributed by atoms with Crippen LogP contribution in [0, 0.1) is 0 Å². The van der Waals surface area contributed by atoms with Gasteiger partial charge in [0, 0.05) is 12.5 Å². The summed E-state index contributed by atoms with van der Waals surface area (Å²) in [5, 5.41) is 8.55. The Morgan fingerprint density at radius 2 is 2.15 bits per heavy atom. The first kappa shape index (κ1) is 4.77. The molecule has 70 valence electrons. The largest absolute Gasteiger partial charge is 0.481 e. The second-order valence-corrected chi connectivity index (χ2v) is 2.58. The van der Waals surface area contributed by atoms with Gasteiger partial charge in [-0.3, -0.25) is 4.79 Å². The second-order valence-electron chi connectivity index (χ2n) is 2.58. The first-order valence-corrected chi connectivity index (χ1v) is 3.81. The Bertz CT molecular complexity index is 463. The molecule has 0 saturated heterocycles. The summed E-state index contributed by atoms with van der Waals surface area (Å²) in [4.78, 5) is 10.4. The van der Waals surface area contributed by atoms with Crippen molar-refractivity contribution in [3.63, 3.8) is 0 Å². The second kappa shape index (κ2) is 4.62. The molecule has 0 saturated carbocycles. The number of hydrogen-bond acceptors (Lipinski definition) is 2. The van der Waals surface area contributed by atoms with Gasteiger partial charge in [0.15, 0.2) is 0 Å². The Balaban J connectivity index is 3.20. The van der Waals surface area contributed by atoms with Crippen LogP contribution in [0.5, 0.6) is 0 Å². The zero-order valence-corrected chi connectivity index (χ0v) is 6.92. The zero-order valence-electron chi connectivity index (χ0n) is 11.9. The highest BCUT2D eigenvalue weighted by Gasteiger charge is 2.06. The summed E-state index contributed by atoms with van der Waals surface area (Å²) in [5.74, 6) is -1.04. The van der Waals surface area contributed by atoms with Crippen LogP contribution in [0.4, 0.5) is 0 Å². The highest BCUT2D eigenvalue weighted by atomic mass is 16.4. The maximum Gasteiger partial charge on any atom is 0.303 e. The van der Waals surface area contributed by atoms with E-state index in [-0.39, 0.29) is 30.5 Å². The Kier molecular flexibility index (Phi) is 1.69. The van der Waals surface area contributed by atoms with Crippen molar-refractivity contribution in [3.05, 3.63) is 35.8 Å². The fourth-order valence-corrected chi connectivity index (χ4v) is 0.868. The van der Waals surface area contributed by atoms with Gasteiger partial charge in [0.05, 0.1) is 6.85 Å². The van der Waals surface area contributed by atoms with E-state index in [1.807, 2.05) is 0 Å². The molecule has 3 heteroatoms. The molecule has 0 bridgehead atoms. The van der Waals surface area contributed by atoms with Crippen molar-refractivity contribution < 1.29 is 16.8 Å². The van der Waals surface area contributed by atoms with Gasteiger partial charge < -0.3 is 10.8 Å². The molecule has 1 rings (SSSR count). The SMILES string of the molecule is [2H]c1c([2H])c([2H])c([C@H](N)CCC(=O)O)c([2H])c1[2H]. The predicted molar refractivity (Wildman–Crippen MR) is 50.2 cm³/mol. The highest BCUT2D eigenvalue weighted by Crippen LogP contribution is 2.14. The van der Waals surface area contributed by atoms with Crippen molar-refractivity contribution in [1.82, 2.24) is 0 Å². The molecule has 0 heterocycles. The van der Waals surface area contributed by atoms with Crippen LogP contribution in [-0.4, -0.2) is 11.1 Å². The number of carboxylic acids is 1. The van der Waals surface area contributed by atoms with Crippen LogP contribution in [0.2, 0.25) is 0 Å². The number of nitrogens with two attached hydrogens (primary N) is 1. The monoisotopic (exact) mass is 184 g/mol. The third-order valence-corrected chi connectivity index (χ3v) is 1.56. The van der Waals surface area contributed by atoms with Crippen molar-refractivity contribution in [2.75, 3.05) is 0 Å². The van der Waals surface area contributed by atoms with Crippen LogP contribution in [-0.2, 0) is 4.79 Å². The molecule has 0 aliphatic rings. The van der Waals surface area contributed by atoms with E-state index in [9.17, 15) is 4.79 Å². The Hall–Kier alpha value is -1.35. The van der Waals surface area contributed by atoms with Gasteiger partial charge in [0.1, 0.15) is 0 Å². The number of aliphatic carboxylic acids is 1. The molecule has 0 radical (unpaired) electrons. The van der Waals surface area contributed by atoms with Crippen molar-refractivity contribution >= 4 is 5.97 Å². The third kappa shape index (κ3) is 3.25. The first-order valence-electron chi connectivity index (χ1n) is 6.31. The van der Waals surface area contributed by atoms with Crippen molar-refractivity contribution in [2.45, 2.75) is 18.9 Å². The average molecular weight is 184 g/mol. The van der Waals surface area contributed by atoms with Gasteiger partial charge >= 0.3 is 5.97 Å². The lowest BCUT2D eigenvalue weighted by atomic mass is 10.0. The summed E-state index contributed by atoms with van der Waals surface area (Å²) in [6.45, 7) is 0. The van der Waals surface area contributed by atoms with Crippen molar-refractivity contribution in [1.29, 1.82) is 0 Å². The zero-order chi connectivity index (χ0) is 14.0. The lowest BCUT2D eigenvalue weighted by molar-refractivity contribution is -0.137. The summed E-state index contributed by atoms with van der Waals surface area (Å²) in [6, 6.07) is -3.06. The van der Waals surface area contributed by atoms with Crippen LogP contribution >= 0.6 is 0 Å². The van der Waals surface area contributed by atoms with E-state index in [4.69, 9.17) is 17.7 Å². The normalized spacial score (nSPS) is 17.8. The number of hydrogen-bond donors (Lipinski definition) is 2. The molecular formula is C10H13NO2. The Morgan fingerprint density at radius 1 is 1.54 bits per heavy atom. The van der Waals surface area contributed by atoms with E-state index in [2.05, 4.69) is 0 Å². The van der Waals surface area contributed by atoms with Crippen LogP contribution in [0.25, 0.3) is 0 Å². The lowest BCUT2D eigenvalue weighted by Crippen LogP contribution is -2.11. The molecule has 0 aromatic heterocycles. The number of carbonyl (C=O) groups is 1. The quantitative estimate of drug-likeness (QED) is 0.746. The Labute approximate surface area is 84.2 Å². The summed E-state index contributed by atoms with van der Waals surface area (Å²) >= 11 is 0. The molecule has 0 aliphatic heterocycles. The summed E-state index contributed by atoms with van der Waals surface area (Å²) in [7, 11) is 0. The minimum atomic E-state index is -1.04. The van der Waals surface area contributed by atoms with Crippen LogP contribution in [0.15, 0.2) is 30.2 Å². The predicted octanol–water partition coefficient (Wildman–Crippen LogP) is 1.55. The molecule has 0 aliphatic carbocycles. The number of benzene rings is 1. The lowest BCUT2D eigenvalue weighted by Gasteiger charge is -2.09. The van der Waals surface area contributed by atoms with Crippen LogP contribution < -0.4 is 5.73 Å². The number of rotatable bonds is 4. The van der Waals surface area contributed by atoms with Crippen molar-refractivity contribution in [2.24, 2.45) is 5.73 Å². The van der Waals surface area contributed by atoms with E-state index in [0.29, 0.717) is 0 Å².